The molecule has 142 valence electrons. The zero-order chi connectivity index (χ0) is 19.6. The molecule has 4 aromatic rings. The van der Waals surface area contributed by atoms with Gasteiger partial charge in [0.2, 0.25) is 16.0 Å². The van der Waals surface area contributed by atoms with Gasteiger partial charge in [-0.2, -0.15) is 4.98 Å². The Kier molecular flexibility index (Phi) is 4.70. The number of H-pyrrole nitrogens is 1. The first-order valence-electron chi connectivity index (χ1n) is 8.82. The maximum Gasteiger partial charge on any atom is 0.232 e. The Hall–Kier alpha value is -3.39. The van der Waals surface area contributed by atoms with Crippen molar-refractivity contribution in [3.8, 4) is 11.3 Å². The van der Waals surface area contributed by atoms with E-state index in [9.17, 15) is 8.42 Å². The lowest BCUT2D eigenvalue weighted by Gasteiger charge is -2.10. The van der Waals surface area contributed by atoms with Crippen LogP contribution in [0.2, 0.25) is 0 Å². The minimum Gasteiger partial charge on any atom is -0.346 e. The SMILES string of the molecule is CCS(=O)(=O)Nc1ccc(-c2nc(Nc3ccccc3)nc3[nH]ccc23)cc1. The smallest absolute Gasteiger partial charge is 0.232 e. The second-order valence-corrected chi connectivity index (χ2v) is 8.22. The van der Waals surface area contributed by atoms with Gasteiger partial charge in [-0.1, -0.05) is 30.3 Å². The predicted molar refractivity (Wildman–Crippen MR) is 112 cm³/mol. The standard InChI is InChI=1S/C20H19N5O2S/c1-2-28(26,27)25-16-10-8-14(9-11-16)18-17-12-13-21-19(17)24-20(23-18)22-15-6-4-3-5-7-15/h3-13,25H,2H2,1H3,(H2,21,22,23,24). The van der Waals surface area contributed by atoms with Gasteiger partial charge in [0.05, 0.1) is 11.4 Å². The monoisotopic (exact) mass is 393 g/mol. The lowest BCUT2D eigenvalue weighted by Crippen LogP contribution is -2.14. The summed E-state index contributed by atoms with van der Waals surface area (Å²) in [4.78, 5) is 12.3. The molecule has 2 aromatic heterocycles. The molecule has 0 spiro atoms. The summed E-state index contributed by atoms with van der Waals surface area (Å²) in [7, 11) is -3.31. The topological polar surface area (TPSA) is 99.8 Å². The van der Waals surface area contributed by atoms with Gasteiger partial charge in [-0.15, -0.1) is 0 Å². The summed E-state index contributed by atoms with van der Waals surface area (Å²) >= 11 is 0. The molecule has 0 unspecified atom stereocenters. The van der Waals surface area contributed by atoms with Crippen molar-refractivity contribution in [1.29, 1.82) is 0 Å². The van der Waals surface area contributed by atoms with Crippen molar-refractivity contribution in [2.24, 2.45) is 0 Å². The molecule has 0 aliphatic heterocycles. The third-order valence-electron chi connectivity index (χ3n) is 4.26. The summed E-state index contributed by atoms with van der Waals surface area (Å²) in [6.07, 6.45) is 1.82. The summed E-state index contributed by atoms with van der Waals surface area (Å²) in [6.45, 7) is 1.60. The summed E-state index contributed by atoms with van der Waals surface area (Å²) in [5.74, 6) is 0.506. The van der Waals surface area contributed by atoms with Crippen LogP contribution in [0.15, 0.2) is 66.9 Å². The second kappa shape index (κ2) is 7.32. The number of fused-ring (bicyclic) bond motifs is 1. The van der Waals surface area contributed by atoms with E-state index in [-0.39, 0.29) is 5.75 Å². The number of hydrogen-bond acceptors (Lipinski definition) is 5. The van der Waals surface area contributed by atoms with Crippen molar-refractivity contribution >= 4 is 38.4 Å². The van der Waals surface area contributed by atoms with E-state index in [2.05, 4.69) is 25.0 Å². The minimum absolute atomic E-state index is 0.0269. The highest BCUT2D eigenvalue weighted by atomic mass is 32.2. The van der Waals surface area contributed by atoms with Crippen LogP contribution in [0.1, 0.15) is 6.92 Å². The molecule has 0 amide bonds. The first-order valence-corrected chi connectivity index (χ1v) is 10.5. The van der Waals surface area contributed by atoms with Gasteiger partial charge in [-0.05, 0) is 37.3 Å². The average molecular weight is 393 g/mol. The van der Waals surface area contributed by atoms with Gasteiger partial charge in [-0.25, -0.2) is 13.4 Å². The first kappa shape index (κ1) is 18.0. The molecule has 0 saturated heterocycles. The summed E-state index contributed by atoms with van der Waals surface area (Å²) in [5, 5.41) is 4.10. The molecule has 0 atom stereocenters. The van der Waals surface area contributed by atoms with Crippen molar-refractivity contribution in [2.45, 2.75) is 6.92 Å². The van der Waals surface area contributed by atoms with Crippen molar-refractivity contribution in [2.75, 3.05) is 15.8 Å². The Morgan fingerprint density at radius 2 is 1.68 bits per heavy atom. The summed E-state index contributed by atoms with van der Waals surface area (Å²) in [5.41, 5.74) is 3.76. The minimum atomic E-state index is -3.31. The fourth-order valence-electron chi connectivity index (χ4n) is 2.82. The quantitative estimate of drug-likeness (QED) is 0.457. The van der Waals surface area contributed by atoms with Gasteiger partial charge < -0.3 is 10.3 Å². The number of sulfonamides is 1. The van der Waals surface area contributed by atoms with Crippen LogP contribution in [0.3, 0.4) is 0 Å². The van der Waals surface area contributed by atoms with Crippen molar-refractivity contribution < 1.29 is 8.42 Å². The molecule has 0 aliphatic carbocycles. The van der Waals surface area contributed by atoms with Crippen molar-refractivity contribution in [1.82, 2.24) is 15.0 Å². The van der Waals surface area contributed by atoms with Crippen LogP contribution in [0.5, 0.6) is 0 Å². The second-order valence-electron chi connectivity index (χ2n) is 6.21. The molecular weight excluding hydrogens is 374 g/mol. The highest BCUT2D eigenvalue weighted by Gasteiger charge is 2.12. The van der Waals surface area contributed by atoms with Crippen LogP contribution in [0, 0.1) is 0 Å². The van der Waals surface area contributed by atoms with E-state index in [1.54, 1.807) is 19.1 Å². The van der Waals surface area contributed by atoms with Crippen LogP contribution in [-0.2, 0) is 10.0 Å². The van der Waals surface area contributed by atoms with Crippen LogP contribution in [0.25, 0.3) is 22.3 Å². The molecule has 8 heteroatoms. The number of anilines is 3. The van der Waals surface area contributed by atoms with Gasteiger partial charge in [0, 0.05) is 28.5 Å². The van der Waals surface area contributed by atoms with Gasteiger partial charge in [0.15, 0.2) is 0 Å². The highest BCUT2D eigenvalue weighted by molar-refractivity contribution is 7.92. The molecule has 3 N–H and O–H groups in total. The number of nitrogens with one attached hydrogen (secondary N) is 3. The van der Waals surface area contributed by atoms with E-state index in [1.165, 1.54) is 0 Å². The predicted octanol–water partition coefficient (Wildman–Crippen LogP) is 4.13. The van der Waals surface area contributed by atoms with E-state index < -0.39 is 10.0 Å². The average Bonchev–Trinajstić information content (AvgIpc) is 3.17. The van der Waals surface area contributed by atoms with Gasteiger partial charge >= 0.3 is 0 Å². The third-order valence-corrected chi connectivity index (χ3v) is 5.56. The lowest BCUT2D eigenvalue weighted by atomic mass is 10.1. The number of rotatable bonds is 6. The fourth-order valence-corrected chi connectivity index (χ4v) is 3.46. The van der Waals surface area contributed by atoms with E-state index >= 15 is 0 Å². The Labute approximate surface area is 162 Å². The van der Waals surface area contributed by atoms with Crippen LogP contribution < -0.4 is 10.0 Å². The highest BCUT2D eigenvalue weighted by Crippen LogP contribution is 2.28. The van der Waals surface area contributed by atoms with E-state index in [4.69, 9.17) is 0 Å². The number of benzene rings is 2. The molecule has 0 saturated carbocycles. The maximum absolute atomic E-state index is 11.7. The normalized spacial score (nSPS) is 11.5. The molecule has 0 bridgehead atoms. The Morgan fingerprint density at radius 3 is 2.39 bits per heavy atom. The lowest BCUT2D eigenvalue weighted by molar-refractivity contribution is 0.602. The van der Waals surface area contributed by atoms with Crippen molar-refractivity contribution in [3.05, 3.63) is 66.9 Å². The molecule has 7 nitrogen and oxygen atoms in total. The summed E-state index contributed by atoms with van der Waals surface area (Å²) < 4.78 is 26.0. The molecule has 2 heterocycles. The Bertz CT molecular complexity index is 1200. The van der Waals surface area contributed by atoms with Gasteiger partial charge in [0.1, 0.15) is 5.65 Å². The van der Waals surface area contributed by atoms with Gasteiger partial charge in [-0.3, -0.25) is 4.72 Å². The van der Waals surface area contributed by atoms with Crippen molar-refractivity contribution in [3.63, 3.8) is 0 Å². The zero-order valence-corrected chi connectivity index (χ0v) is 16.0. The Morgan fingerprint density at radius 1 is 0.929 bits per heavy atom. The fraction of sp³-hybridized carbons (Fsp3) is 0.100. The van der Waals surface area contributed by atoms with Crippen LogP contribution >= 0.6 is 0 Å². The molecule has 4 rings (SSSR count). The van der Waals surface area contributed by atoms with E-state index in [0.717, 1.165) is 28.0 Å². The molecular formula is C20H19N5O2S. The maximum atomic E-state index is 11.7. The van der Waals surface area contributed by atoms with Gasteiger partial charge in [0.25, 0.3) is 0 Å². The zero-order valence-electron chi connectivity index (χ0n) is 15.2. The largest absolute Gasteiger partial charge is 0.346 e. The Balaban J connectivity index is 1.70. The number of hydrogen-bond donors (Lipinski definition) is 3. The molecule has 28 heavy (non-hydrogen) atoms. The number of nitrogens with zero attached hydrogens (tertiary/aromatic N) is 2. The van der Waals surface area contributed by atoms with Crippen LogP contribution in [0.4, 0.5) is 17.3 Å². The third kappa shape index (κ3) is 3.81. The van der Waals surface area contributed by atoms with Crippen LogP contribution in [-0.4, -0.2) is 29.1 Å². The van der Waals surface area contributed by atoms with E-state index in [1.807, 2.05) is 54.7 Å². The molecule has 0 fully saturated rings. The van der Waals surface area contributed by atoms with E-state index in [0.29, 0.717) is 11.6 Å². The number of aromatic nitrogens is 3. The first-order chi connectivity index (χ1) is 13.5. The molecule has 2 aromatic carbocycles. The summed E-state index contributed by atoms with van der Waals surface area (Å²) in [6, 6.07) is 18.8. The molecule has 0 radical (unpaired) electrons. The number of para-hydroxylation sites is 1. The molecule has 0 aliphatic rings. The number of aromatic amines is 1.